The second-order valence-corrected chi connectivity index (χ2v) is 7.99. The fourth-order valence-corrected chi connectivity index (χ4v) is 4.13. The summed E-state index contributed by atoms with van der Waals surface area (Å²) in [6, 6.07) is 9.63. The maximum Gasteiger partial charge on any atom is 0.270 e. The Morgan fingerprint density at radius 1 is 1.09 bits per heavy atom. The first-order valence-electron chi connectivity index (χ1n) is 10.6. The highest BCUT2D eigenvalue weighted by molar-refractivity contribution is 6.15. The average Bonchev–Trinajstić information content (AvgIpc) is 3.14. The molecule has 0 amide bonds. The van der Waals surface area contributed by atoms with E-state index in [-0.39, 0.29) is 17.2 Å². The summed E-state index contributed by atoms with van der Waals surface area (Å²) in [5, 5.41) is 11.0. The molecule has 0 radical (unpaired) electrons. The number of hydrogen-bond donors (Lipinski definition) is 0. The Balaban J connectivity index is 1.34. The van der Waals surface area contributed by atoms with Crippen LogP contribution in [0, 0.1) is 10.1 Å². The highest BCUT2D eigenvalue weighted by Crippen LogP contribution is 2.42. The van der Waals surface area contributed by atoms with Crippen molar-refractivity contribution in [3.63, 3.8) is 0 Å². The summed E-state index contributed by atoms with van der Waals surface area (Å²) in [5.41, 5.74) is 1.84. The van der Waals surface area contributed by atoms with E-state index in [1.54, 1.807) is 24.3 Å². The summed E-state index contributed by atoms with van der Waals surface area (Å²) in [5.74, 6) is 1.15. The highest BCUT2D eigenvalue weighted by Gasteiger charge is 2.33. The second kappa shape index (κ2) is 8.70. The van der Waals surface area contributed by atoms with Crippen LogP contribution in [0.3, 0.4) is 0 Å². The van der Waals surface area contributed by atoms with Crippen LogP contribution in [0.4, 0.5) is 5.69 Å². The van der Waals surface area contributed by atoms with Gasteiger partial charge in [-0.3, -0.25) is 24.7 Å². The maximum absolute atomic E-state index is 12.9. The lowest BCUT2D eigenvalue weighted by molar-refractivity contribution is -0.384. The lowest BCUT2D eigenvalue weighted by Crippen LogP contribution is -2.43. The van der Waals surface area contributed by atoms with Crippen LogP contribution in [0.5, 0.6) is 11.5 Å². The van der Waals surface area contributed by atoms with E-state index in [4.69, 9.17) is 14.2 Å². The summed E-state index contributed by atoms with van der Waals surface area (Å²) in [6.45, 7) is 6.28. The number of non-ortho nitro benzene ring substituents is 1. The zero-order valence-corrected chi connectivity index (χ0v) is 17.5. The Morgan fingerprint density at radius 3 is 2.72 bits per heavy atom. The van der Waals surface area contributed by atoms with Gasteiger partial charge < -0.3 is 14.2 Å². The van der Waals surface area contributed by atoms with Crippen LogP contribution in [0.2, 0.25) is 0 Å². The predicted octanol–water partition coefficient (Wildman–Crippen LogP) is 2.70. The molecule has 1 saturated heterocycles. The fraction of sp³-hybridized carbons (Fsp3) is 0.348. The molecule has 5 rings (SSSR count). The summed E-state index contributed by atoms with van der Waals surface area (Å²) >= 11 is 0. The Kier molecular flexibility index (Phi) is 5.60. The van der Waals surface area contributed by atoms with Gasteiger partial charge in [0.2, 0.25) is 5.78 Å². The Labute approximate surface area is 184 Å². The zero-order valence-electron chi connectivity index (χ0n) is 17.5. The van der Waals surface area contributed by atoms with E-state index < -0.39 is 4.92 Å². The summed E-state index contributed by atoms with van der Waals surface area (Å²) in [7, 11) is 0. The van der Waals surface area contributed by atoms with E-state index in [0.29, 0.717) is 30.2 Å². The molecule has 32 heavy (non-hydrogen) atoms. The number of benzene rings is 2. The van der Waals surface area contributed by atoms with Gasteiger partial charge in [0.1, 0.15) is 18.2 Å². The van der Waals surface area contributed by atoms with Crippen molar-refractivity contribution in [3.05, 3.63) is 69.0 Å². The van der Waals surface area contributed by atoms with Crippen molar-refractivity contribution >= 4 is 17.5 Å². The van der Waals surface area contributed by atoms with Gasteiger partial charge in [-0.25, -0.2) is 0 Å². The van der Waals surface area contributed by atoms with Crippen LogP contribution in [0.1, 0.15) is 21.5 Å². The van der Waals surface area contributed by atoms with Crippen molar-refractivity contribution in [2.24, 2.45) is 0 Å². The molecule has 0 atom stereocenters. The minimum Gasteiger partial charge on any atom is -0.478 e. The van der Waals surface area contributed by atoms with Gasteiger partial charge in [0.25, 0.3) is 5.69 Å². The topological polar surface area (TPSA) is 94.4 Å². The normalized spacial score (nSPS) is 19.9. The van der Waals surface area contributed by atoms with Gasteiger partial charge in [-0.15, -0.1) is 0 Å². The summed E-state index contributed by atoms with van der Waals surface area (Å²) in [4.78, 5) is 28.1. The monoisotopic (exact) mass is 437 g/mol. The SMILES string of the molecule is O=C1/C(=C/c2cccc([N+](=O)[O-])c2)Oc2c1ccc1c2CN(CCN2CCOCC2)CO1. The Bertz CT molecular complexity index is 1090. The van der Waals surface area contributed by atoms with Crippen molar-refractivity contribution in [1.29, 1.82) is 0 Å². The lowest BCUT2D eigenvalue weighted by Gasteiger charge is -2.33. The van der Waals surface area contributed by atoms with Crippen molar-refractivity contribution in [3.8, 4) is 11.5 Å². The van der Waals surface area contributed by atoms with E-state index in [1.165, 1.54) is 12.1 Å². The van der Waals surface area contributed by atoms with Gasteiger partial charge in [0, 0.05) is 44.9 Å². The molecule has 0 bridgehead atoms. The molecule has 3 aliphatic heterocycles. The Hall–Kier alpha value is -3.27. The third kappa shape index (κ3) is 4.10. The van der Waals surface area contributed by atoms with Gasteiger partial charge >= 0.3 is 0 Å². The quantitative estimate of drug-likeness (QED) is 0.400. The molecule has 2 aromatic carbocycles. The van der Waals surface area contributed by atoms with Gasteiger partial charge in [-0.05, 0) is 23.8 Å². The van der Waals surface area contributed by atoms with Gasteiger partial charge in [-0.2, -0.15) is 0 Å². The number of ketones is 1. The molecule has 9 heteroatoms. The van der Waals surface area contributed by atoms with Crippen LogP contribution < -0.4 is 9.47 Å². The van der Waals surface area contributed by atoms with Crippen molar-refractivity contribution in [2.75, 3.05) is 46.1 Å². The van der Waals surface area contributed by atoms with Crippen LogP contribution in [0.25, 0.3) is 6.08 Å². The van der Waals surface area contributed by atoms with E-state index in [1.807, 2.05) is 6.07 Å². The van der Waals surface area contributed by atoms with Gasteiger partial charge in [-0.1, -0.05) is 12.1 Å². The molecule has 0 aliphatic carbocycles. The molecule has 0 saturated carbocycles. The molecule has 9 nitrogen and oxygen atoms in total. The molecular weight excluding hydrogens is 414 g/mol. The molecule has 2 aromatic rings. The zero-order chi connectivity index (χ0) is 22.1. The first-order valence-corrected chi connectivity index (χ1v) is 10.6. The van der Waals surface area contributed by atoms with Crippen molar-refractivity contribution in [1.82, 2.24) is 9.80 Å². The third-order valence-corrected chi connectivity index (χ3v) is 5.90. The molecular formula is C23H23N3O6. The Morgan fingerprint density at radius 2 is 1.91 bits per heavy atom. The second-order valence-electron chi connectivity index (χ2n) is 7.99. The number of hydrogen-bond acceptors (Lipinski definition) is 8. The van der Waals surface area contributed by atoms with E-state index in [9.17, 15) is 14.9 Å². The number of allylic oxidation sites excluding steroid dienone is 1. The van der Waals surface area contributed by atoms with Crippen molar-refractivity contribution < 1.29 is 23.9 Å². The first-order chi connectivity index (χ1) is 15.6. The molecule has 166 valence electrons. The number of carbonyl (C=O) groups is 1. The minimum atomic E-state index is -0.465. The number of morpholine rings is 1. The number of carbonyl (C=O) groups excluding carboxylic acids is 1. The molecule has 0 unspecified atom stereocenters. The number of nitrogens with zero attached hydrogens (tertiary/aromatic N) is 3. The van der Waals surface area contributed by atoms with Crippen LogP contribution in [-0.2, 0) is 11.3 Å². The number of Topliss-reactive ketones (excluding diaryl/α,β-unsaturated/α-hetero) is 1. The van der Waals surface area contributed by atoms with Gasteiger partial charge in [0.15, 0.2) is 5.76 Å². The molecule has 3 aliphatic rings. The molecule has 0 aromatic heterocycles. The number of nitro benzene ring substituents is 1. The summed E-state index contributed by atoms with van der Waals surface area (Å²) < 4.78 is 17.3. The largest absolute Gasteiger partial charge is 0.478 e. The number of nitro groups is 1. The standard InChI is InChI=1S/C23H23N3O6/c27-22-18-4-5-20-19(14-25(15-31-20)7-6-24-8-10-30-11-9-24)23(18)32-21(22)13-16-2-1-3-17(12-16)26(28)29/h1-5,12-13H,6-11,14-15H2/b21-13-. The van der Waals surface area contributed by atoms with Crippen LogP contribution >= 0.6 is 0 Å². The number of ether oxygens (including phenoxy) is 3. The molecule has 3 heterocycles. The molecule has 1 fully saturated rings. The van der Waals surface area contributed by atoms with Gasteiger partial charge in [0.05, 0.1) is 29.3 Å². The fourth-order valence-electron chi connectivity index (χ4n) is 4.13. The number of rotatable bonds is 5. The van der Waals surface area contributed by atoms with Crippen molar-refractivity contribution in [2.45, 2.75) is 6.54 Å². The number of fused-ring (bicyclic) bond motifs is 3. The lowest BCUT2D eigenvalue weighted by atomic mass is 10.0. The minimum absolute atomic E-state index is 0.0380. The average molecular weight is 437 g/mol. The highest BCUT2D eigenvalue weighted by atomic mass is 16.6. The maximum atomic E-state index is 12.9. The smallest absolute Gasteiger partial charge is 0.270 e. The van der Waals surface area contributed by atoms with Crippen LogP contribution in [-0.4, -0.2) is 66.6 Å². The molecule has 0 spiro atoms. The third-order valence-electron chi connectivity index (χ3n) is 5.90. The predicted molar refractivity (Wildman–Crippen MR) is 116 cm³/mol. The molecule has 0 N–H and O–H groups in total. The van der Waals surface area contributed by atoms with E-state index in [0.717, 1.165) is 50.7 Å². The van der Waals surface area contributed by atoms with E-state index >= 15 is 0 Å². The first kappa shape index (κ1) is 20.6. The summed E-state index contributed by atoms with van der Waals surface area (Å²) in [6.07, 6.45) is 1.54. The van der Waals surface area contributed by atoms with Crippen LogP contribution in [0.15, 0.2) is 42.2 Å². The van der Waals surface area contributed by atoms with E-state index in [2.05, 4.69) is 9.80 Å².